The normalized spacial score (nSPS) is 28.8. The second kappa shape index (κ2) is 9.94. The molecule has 0 saturated heterocycles. The van der Waals surface area contributed by atoms with Gasteiger partial charge in [-0.2, -0.15) is 0 Å². The van der Waals surface area contributed by atoms with Gasteiger partial charge in [0.1, 0.15) is 0 Å². The standard InChI is InChI=1S/C22H34O4/c1-15(2)21(23)25-13-17-5-9-19(10-6-17)20-11-7-18(8-12-20)14-26-22(24)16(3)4/h17-20H,1,3,5-14H2,2,4H3. The molecule has 0 heterocycles. The molecule has 2 rings (SSSR count). The first kappa shape index (κ1) is 20.7. The lowest BCUT2D eigenvalue weighted by Crippen LogP contribution is -2.28. The van der Waals surface area contributed by atoms with Crippen molar-refractivity contribution in [3.63, 3.8) is 0 Å². The molecule has 0 unspecified atom stereocenters. The van der Waals surface area contributed by atoms with Crippen LogP contribution in [0.3, 0.4) is 0 Å². The Labute approximate surface area is 158 Å². The van der Waals surface area contributed by atoms with Crippen LogP contribution in [0.15, 0.2) is 24.3 Å². The van der Waals surface area contributed by atoms with E-state index in [9.17, 15) is 9.59 Å². The SMILES string of the molecule is C=C(C)C(=O)OCC1CCC(C2CCC(COC(=O)C(=C)C)CC2)CC1. The lowest BCUT2D eigenvalue weighted by atomic mass is 9.69. The molecule has 26 heavy (non-hydrogen) atoms. The third-order valence-corrected chi connectivity index (χ3v) is 6.05. The van der Waals surface area contributed by atoms with Crippen LogP contribution < -0.4 is 0 Å². The highest BCUT2D eigenvalue weighted by atomic mass is 16.5. The summed E-state index contributed by atoms with van der Waals surface area (Å²) in [6.07, 6.45) is 9.61. The Morgan fingerprint density at radius 3 is 1.27 bits per heavy atom. The molecule has 0 aromatic carbocycles. The van der Waals surface area contributed by atoms with Crippen LogP contribution in [0, 0.1) is 23.7 Å². The van der Waals surface area contributed by atoms with Crippen molar-refractivity contribution in [2.24, 2.45) is 23.7 Å². The zero-order valence-corrected chi connectivity index (χ0v) is 16.4. The number of carbonyl (C=O) groups is 2. The van der Waals surface area contributed by atoms with E-state index < -0.39 is 0 Å². The molecule has 4 heteroatoms. The molecule has 0 radical (unpaired) electrons. The molecule has 0 bridgehead atoms. The van der Waals surface area contributed by atoms with Crippen molar-refractivity contribution in [1.82, 2.24) is 0 Å². The highest BCUT2D eigenvalue weighted by Gasteiger charge is 2.31. The van der Waals surface area contributed by atoms with Crippen LogP contribution in [0.25, 0.3) is 0 Å². The fourth-order valence-electron chi connectivity index (χ4n) is 4.29. The van der Waals surface area contributed by atoms with E-state index in [1.54, 1.807) is 13.8 Å². The van der Waals surface area contributed by atoms with Gasteiger partial charge in [0.15, 0.2) is 0 Å². The highest BCUT2D eigenvalue weighted by molar-refractivity contribution is 5.87. The summed E-state index contributed by atoms with van der Waals surface area (Å²) < 4.78 is 10.6. The van der Waals surface area contributed by atoms with Gasteiger partial charge in [0, 0.05) is 11.1 Å². The quantitative estimate of drug-likeness (QED) is 0.480. The van der Waals surface area contributed by atoms with Crippen molar-refractivity contribution < 1.29 is 19.1 Å². The molecule has 2 fully saturated rings. The van der Waals surface area contributed by atoms with E-state index in [0.717, 1.165) is 37.5 Å². The van der Waals surface area contributed by atoms with Crippen LogP contribution in [0.1, 0.15) is 65.2 Å². The van der Waals surface area contributed by atoms with E-state index in [2.05, 4.69) is 13.2 Å². The number of hydrogen-bond acceptors (Lipinski definition) is 4. The lowest BCUT2D eigenvalue weighted by molar-refractivity contribution is -0.141. The van der Waals surface area contributed by atoms with Crippen molar-refractivity contribution in [1.29, 1.82) is 0 Å². The van der Waals surface area contributed by atoms with Crippen LogP contribution in [0.4, 0.5) is 0 Å². The molecule has 2 aliphatic carbocycles. The summed E-state index contributed by atoms with van der Waals surface area (Å²) in [5, 5.41) is 0. The molecule has 2 saturated carbocycles. The fourth-order valence-corrected chi connectivity index (χ4v) is 4.29. The van der Waals surface area contributed by atoms with Gasteiger partial charge in [0.2, 0.25) is 0 Å². The summed E-state index contributed by atoms with van der Waals surface area (Å²) in [5.41, 5.74) is 0.953. The third kappa shape index (κ3) is 6.30. The Hall–Kier alpha value is -1.58. The molecular formula is C22H34O4. The first-order valence-corrected chi connectivity index (χ1v) is 10.0. The van der Waals surface area contributed by atoms with Crippen LogP contribution >= 0.6 is 0 Å². The molecule has 0 aromatic heterocycles. The minimum atomic E-state index is -0.266. The van der Waals surface area contributed by atoms with Gasteiger partial charge in [-0.1, -0.05) is 13.2 Å². The van der Waals surface area contributed by atoms with Crippen molar-refractivity contribution in [2.75, 3.05) is 13.2 Å². The smallest absolute Gasteiger partial charge is 0.333 e. The maximum atomic E-state index is 11.5. The van der Waals surface area contributed by atoms with E-state index >= 15 is 0 Å². The van der Waals surface area contributed by atoms with Crippen LogP contribution in [0.5, 0.6) is 0 Å². The molecule has 0 N–H and O–H groups in total. The number of esters is 2. The second-order valence-electron chi connectivity index (χ2n) is 8.32. The molecule has 2 aliphatic rings. The van der Waals surface area contributed by atoms with E-state index in [-0.39, 0.29) is 11.9 Å². The summed E-state index contributed by atoms with van der Waals surface area (Å²) >= 11 is 0. The Morgan fingerprint density at radius 1 is 0.692 bits per heavy atom. The summed E-state index contributed by atoms with van der Waals surface area (Å²) in [5.74, 6) is 2.10. The minimum Gasteiger partial charge on any atom is -0.462 e. The van der Waals surface area contributed by atoms with E-state index in [0.29, 0.717) is 36.2 Å². The Balaban J connectivity index is 1.63. The summed E-state index contributed by atoms with van der Waals surface area (Å²) in [6.45, 7) is 11.7. The summed E-state index contributed by atoms with van der Waals surface area (Å²) in [4.78, 5) is 23.0. The van der Waals surface area contributed by atoms with Crippen molar-refractivity contribution >= 4 is 11.9 Å². The topological polar surface area (TPSA) is 52.6 Å². The Morgan fingerprint density at radius 2 is 1.00 bits per heavy atom. The van der Waals surface area contributed by atoms with Crippen LogP contribution in [-0.2, 0) is 19.1 Å². The summed E-state index contributed by atoms with van der Waals surface area (Å²) in [6, 6.07) is 0. The van der Waals surface area contributed by atoms with Gasteiger partial charge in [-0.25, -0.2) is 9.59 Å². The molecule has 0 atom stereocenters. The first-order valence-electron chi connectivity index (χ1n) is 10.0. The van der Waals surface area contributed by atoms with Gasteiger partial charge in [-0.3, -0.25) is 0 Å². The monoisotopic (exact) mass is 362 g/mol. The Bertz CT molecular complexity index is 472. The van der Waals surface area contributed by atoms with Gasteiger partial charge >= 0.3 is 11.9 Å². The average Bonchev–Trinajstić information content (AvgIpc) is 2.64. The van der Waals surface area contributed by atoms with E-state index in [1.807, 2.05) is 0 Å². The molecule has 0 aliphatic heterocycles. The lowest BCUT2D eigenvalue weighted by Gasteiger charge is -2.37. The van der Waals surface area contributed by atoms with E-state index in [1.165, 1.54) is 25.7 Å². The van der Waals surface area contributed by atoms with Crippen molar-refractivity contribution in [3.05, 3.63) is 24.3 Å². The van der Waals surface area contributed by atoms with Gasteiger partial charge < -0.3 is 9.47 Å². The zero-order valence-electron chi connectivity index (χ0n) is 16.4. The molecule has 0 spiro atoms. The van der Waals surface area contributed by atoms with Crippen molar-refractivity contribution in [3.8, 4) is 0 Å². The number of hydrogen-bond donors (Lipinski definition) is 0. The number of ether oxygens (including phenoxy) is 2. The van der Waals surface area contributed by atoms with Gasteiger partial charge in [0.25, 0.3) is 0 Å². The maximum absolute atomic E-state index is 11.5. The van der Waals surface area contributed by atoms with Gasteiger partial charge in [0.05, 0.1) is 13.2 Å². The first-order chi connectivity index (χ1) is 12.4. The van der Waals surface area contributed by atoms with Gasteiger partial charge in [-0.15, -0.1) is 0 Å². The predicted molar refractivity (Wildman–Crippen MR) is 102 cm³/mol. The molecule has 0 aromatic rings. The fraction of sp³-hybridized carbons (Fsp3) is 0.727. The summed E-state index contributed by atoms with van der Waals surface area (Å²) in [7, 11) is 0. The van der Waals surface area contributed by atoms with Crippen LogP contribution in [-0.4, -0.2) is 25.2 Å². The number of carbonyl (C=O) groups excluding carboxylic acids is 2. The highest BCUT2D eigenvalue weighted by Crippen LogP contribution is 2.41. The van der Waals surface area contributed by atoms with Crippen LogP contribution in [0.2, 0.25) is 0 Å². The Kier molecular flexibility index (Phi) is 7.92. The third-order valence-electron chi connectivity index (χ3n) is 6.05. The molecule has 0 amide bonds. The molecule has 146 valence electrons. The predicted octanol–water partition coefficient (Wildman–Crippen LogP) is 4.84. The molecular weight excluding hydrogens is 328 g/mol. The average molecular weight is 363 g/mol. The second-order valence-corrected chi connectivity index (χ2v) is 8.32. The maximum Gasteiger partial charge on any atom is 0.333 e. The minimum absolute atomic E-state index is 0.266. The van der Waals surface area contributed by atoms with E-state index in [4.69, 9.17) is 9.47 Å². The van der Waals surface area contributed by atoms with Crippen molar-refractivity contribution in [2.45, 2.75) is 65.2 Å². The zero-order chi connectivity index (χ0) is 19.1. The largest absolute Gasteiger partial charge is 0.462 e. The number of rotatable bonds is 7. The molecule has 4 nitrogen and oxygen atoms in total. The van der Waals surface area contributed by atoms with Gasteiger partial charge in [-0.05, 0) is 88.9 Å².